The lowest BCUT2D eigenvalue weighted by Crippen LogP contribution is -2.14. The maximum absolute atomic E-state index is 6.17. The number of halogens is 2. The van der Waals surface area contributed by atoms with E-state index in [1.807, 2.05) is 24.3 Å². The molecule has 1 nitrogen and oxygen atoms in total. The Morgan fingerprint density at radius 3 is 2.35 bits per heavy atom. The molecule has 1 unspecified atom stereocenters. The number of benzene rings is 1. The molecular weight excluding hydrogens is 273 g/mol. The summed E-state index contributed by atoms with van der Waals surface area (Å²) in [5.41, 5.74) is 6.82. The molecule has 0 aliphatic heterocycles. The molecule has 0 aliphatic rings. The predicted molar refractivity (Wildman–Crippen MR) is 76.3 cm³/mol. The lowest BCUT2D eigenvalue weighted by atomic mass is 9.98. The Kier molecular flexibility index (Phi) is 4.46. The summed E-state index contributed by atoms with van der Waals surface area (Å²) < 4.78 is 0. The molecule has 17 heavy (non-hydrogen) atoms. The molecule has 0 radical (unpaired) electrons. The van der Waals surface area contributed by atoms with E-state index in [2.05, 4.69) is 11.4 Å². The van der Waals surface area contributed by atoms with Gasteiger partial charge in [0.1, 0.15) is 0 Å². The van der Waals surface area contributed by atoms with Crippen molar-refractivity contribution in [2.24, 2.45) is 5.73 Å². The third-order valence-electron chi connectivity index (χ3n) is 2.74. The lowest BCUT2D eigenvalue weighted by molar-refractivity contribution is 0.707. The highest BCUT2D eigenvalue weighted by atomic mass is 35.5. The van der Waals surface area contributed by atoms with Crippen LogP contribution in [0.1, 0.15) is 16.4 Å². The first-order valence-electron chi connectivity index (χ1n) is 5.38. The monoisotopic (exact) mass is 285 g/mol. The van der Waals surface area contributed by atoms with Crippen LogP contribution < -0.4 is 5.73 Å². The second-order valence-corrected chi connectivity index (χ2v) is 5.65. The zero-order valence-corrected chi connectivity index (χ0v) is 11.5. The second-order valence-electron chi connectivity index (χ2n) is 3.85. The summed E-state index contributed by atoms with van der Waals surface area (Å²) in [6, 6.07) is 9.73. The highest BCUT2D eigenvalue weighted by molar-refractivity contribution is 7.10. The van der Waals surface area contributed by atoms with Crippen molar-refractivity contribution >= 4 is 34.5 Å². The first kappa shape index (κ1) is 12.9. The molecule has 2 rings (SSSR count). The van der Waals surface area contributed by atoms with Crippen LogP contribution in [-0.2, 0) is 6.42 Å². The summed E-state index contributed by atoms with van der Waals surface area (Å²) in [6.45, 7) is 0.599. The van der Waals surface area contributed by atoms with Crippen LogP contribution in [0.4, 0.5) is 0 Å². The summed E-state index contributed by atoms with van der Waals surface area (Å²) in [7, 11) is 0. The molecule has 1 heterocycles. The summed E-state index contributed by atoms with van der Waals surface area (Å²) in [5.74, 6) is 0.285. The number of hydrogen-bond acceptors (Lipinski definition) is 2. The van der Waals surface area contributed by atoms with E-state index < -0.39 is 0 Å². The maximum atomic E-state index is 6.17. The number of rotatable bonds is 4. The van der Waals surface area contributed by atoms with Crippen molar-refractivity contribution in [2.45, 2.75) is 12.3 Å². The van der Waals surface area contributed by atoms with E-state index in [1.54, 1.807) is 11.3 Å². The van der Waals surface area contributed by atoms with E-state index in [0.29, 0.717) is 16.6 Å². The first-order chi connectivity index (χ1) is 8.22. The number of nitrogens with two attached hydrogens (primary N) is 1. The molecule has 0 amide bonds. The van der Waals surface area contributed by atoms with E-state index in [9.17, 15) is 0 Å². The molecule has 0 spiro atoms. The van der Waals surface area contributed by atoms with Gasteiger partial charge in [0.2, 0.25) is 0 Å². The molecule has 1 aromatic carbocycles. The van der Waals surface area contributed by atoms with Gasteiger partial charge in [-0.25, -0.2) is 0 Å². The van der Waals surface area contributed by atoms with Crippen molar-refractivity contribution in [3.05, 3.63) is 56.2 Å². The van der Waals surface area contributed by atoms with Gasteiger partial charge >= 0.3 is 0 Å². The van der Waals surface area contributed by atoms with Gasteiger partial charge in [-0.15, -0.1) is 11.3 Å². The molecule has 0 fully saturated rings. The first-order valence-corrected chi connectivity index (χ1v) is 7.02. The Hall–Kier alpha value is -0.540. The quantitative estimate of drug-likeness (QED) is 0.889. The van der Waals surface area contributed by atoms with Crippen molar-refractivity contribution in [1.82, 2.24) is 0 Å². The van der Waals surface area contributed by atoms with Crippen LogP contribution in [0.2, 0.25) is 10.0 Å². The normalized spacial score (nSPS) is 12.6. The molecule has 2 N–H and O–H groups in total. The van der Waals surface area contributed by atoms with E-state index in [0.717, 1.165) is 12.0 Å². The smallest absolute Gasteiger partial charge is 0.0453 e. The molecule has 90 valence electrons. The van der Waals surface area contributed by atoms with Crippen molar-refractivity contribution < 1.29 is 0 Å². The van der Waals surface area contributed by atoms with Crippen molar-refractivity contribution in [3.8, 4) is 0 Å². The number of hydrogen-bond donors (Lipinski definition) is 1. The molecular formula is C13H13Cl2NS. The van der Waals surface area contributed by atoms with Gasteiger partial charge in [-0.3, -0.25) is 0 Å². The molecule has 2 aromatic rings. The van der Waals surface area contributed by atoms with Gasteiger partial charge in [0.15, 0.2) is 0 Å². The zero-order valence-electron chi connectivity index (χ0n) is 9.20. The molecule has 1 atom stereocenters. The van der Waals surface area contributed by atoms with Gasteiger partial charge in [0.05, 0.1) is 0 Å². The summed E-state index contributed by atoms with van der Waals surface area (Å²) in [6.07, 6.45) is 0.787. The van der Waals surface area contributed by atoms with E-state index in [-0.39, 0.29) is 5.92 Å². The van der Waals surface area contributed by atoms with E-state index in [4.69, 9.17) is 28.9 Å². The average Bonchev–Trinajstić information content (AvgIpc) is 2.82. The van der Waals surface area contributed by atoms with Crippen molar-refractivity contribution in [1.29, 1.82) is 0 Å². The minimum Gasteiger partial charge on any atom is -0.330 e. The van der Waals surface area contributed by atoms with Gasteiger partial charge in [0.25, 0.3) is 0 Å². The fourth-order valence-electron chi connectivity index (χ4n) is 1.80. The number of thiophene rings is 1. The Morgan fingerprint density at radius 1 is 1.12 bits per heavy atom. The van der Waals surface area contributed by atoms with Crippen LogP contribution in [-0.4, -0.2) is 6.54 Å². The third kappa shape index (κ3) is 3.02. The summed E-state index contributed by atoms with van der Waals surface area (Å²) >= 11 is 14.1. The molecule has 1 aromatic heterocycles. The van der Waals surface area contributed by atoms with Gasteiger partial charge in [-0.05, 0) is 35.6 Å². The van der Waals surface area contributed by atoms with Gasteiger partial charge in [0, 0.05) is 27.4 Å². The van der Waals surface area contributed by atoms with Crippen molar-refractivity contribution in [3.63, 3.8) is 0 Å². The Balaban J connectivity index is 2.25. The average molecular weight is 286 g/mol. The molecule has 4 heteroatoms. The fourth-order valence-corrected chi connectivity index (χ4v) is 3.19. The van der Waals surface area contributed by atoms with Crippen LogP contribution in [0.15, 0.2) is 35.7 Å². The van der Waals surface area contributed by atoms with Gasteiger partial charge in [-0.1, -0.05) is 35.3 Å². The maximum Gasteiger partial charge on any atom is 0.0453 e. The van der Waals surface area contributed by atoms with Gasteiger partial charge < -0.3 is 5.73 Å². The van der Waals surface area contributed by atoms with Gasteiger partial charge in [-0.2, -0.15) is 0 Å². The minimum atomic E-state index is 0.285. The van der Waals surface area contributed by atoms with Crippen LogP contribution in [0, 0.1) is 0 Å². The highest BCUT2D eigenvalue weighted by Gasteiger charge is 2.15. The van der Waals surface area contributed by atoms with E-state index in [1.165, 1.54) is 4.88 Å². The molecule has 0 aliphatic carbocycles. The van der Waals surface area contributed by atoms with Crippen LogP contribution in [0.5, 0.6) is 0 Å². The molecule has 0 bridgehead atoms. The predicted octanol–water partition coefficient (Wildman–Crippen LogP) is 4.34. The van der Waals surface area contributed by atoms with Crippen LogP contribution in [0.3, 0.4) is 0 Å². The Morgan fingerprint density at radius 2 is 1.82 bits per heavy atom. The fraction of sp³-hybridized carbons (Fsp3) is 0.231. The second kappa shape index (κ2) is 5.87. The molecule has 0 saturated carbocycles. The van der Waals surface area contributed by atoms with E-state index >= 15 is 0 Å². The molecule has 0 saturated heterocycles. The highest BCUT2D eigenvalue weighted by Crippen LogP contribution is 2.31. The zero-order chi connectivity index (χ0) is 12.3. The Labute approximate surface area is 115 Å². The third-order valence-corrected chi connectivity index (χ3v) is 4.49. The van der Waals surface area contributed by atoms with Crippen molar-refractivity contribution in [2.75, 3.05) is 6.54 Å². The van der Waals surface area contributed by atoms with Crippen LogP contribution >= 0.6 is 34.5 Å². The minimum absolute atomic E-state index is 0.285. The Bertz CT molecular complexity index is 462. The standard InChI is InChI=1S/C13H13Cl2NS/c14-11-3-1-4-12(15)10(11)7-9(8-16)13-5-2-6-17-13/h1-6,9H,7-8,16H2. The SMILES string of the molecule is NCC(Cc1c(Cl)cccc1Cl)c1cccs1. The largest absolute Gasteiger partial charge is 0.330 e. The summed E-state index contributed by atoms with van der Waals surface area (Å²) in [5, 5.41) is 3.49. The topological polar surface area (TPSA) is 26.0 Å². The summed E-state index contributed by atoms with van der Waals surface area (Å²) in [4.78, 5) is 1.28. The lowest BCUT2D eigenvalue weighted by Gasteiger charge is -2.15. The van der Waals surface area contributed by atoms with Crippen LogP contribution in [0.25, 0.3) is 0 Å².